The summed E-state index contributed by atoms with van der Waals surface area (Å²) >= 11 is 0. The number of hydrogen-bond donors (Lipinski definition) is 2. The van der Waals surface area contributed by atoms with Crippen molar-refractivity contribution in [3.63, 3.8) is 0 Å². The van der Waals surface area contributed by atoms with Crippen LogP contribution in [-0.4, -0.2) is 29.8 Å². The zero-order chi connectivity index (χ0) is 21.8. The monoisotopic (exact) mass is 412 g/mol. The van der Waals surface area contributed by atoms with E-state index in [1.165, 1.54) is 0 Å². The number of alkyl carbamates (subject to hydrolysis) is 1. The van der Waals surface area contributed by atoms with Crippen LogP contribution in [0.3, 0.4) is 0 Å². The molecule has 1 amide bonds. The van der Waals surface area contributed by atoms with E-state index in [1.807, 2.05) is 54.6 Å². The minimum Gasteiger partial charge on any atom is -0.480 e. The second kappa shape index (κ2) is 8.72. The molecule has 154 valence electrons. The van der Waals surface area contributed by atoms with Gasteiger partial charge in [-0.2, -0.15) is 5.26 Å². The van der Waals surface area contributed by atoms with Crippen LogP contribution in [0.25, 0.3) is 11.1 Å². The maximum atomic E-state index is 12.4. The lowest BCUT2D eigenvalue weighted by molar-refractivity contribution is -0.139. The maximum Gasteiger partial charge on any atom is 0.407 e. The van der Waals surface area contributed by atoms with Crippen molar-refractivity contribution >= 4 is 12.1 Å². The lowest BCUT2D eigenvalue weighted by Gasteiger charge is -2.17. The Morgan fingerprint density at radius 2 is 1.65 bits per heavy atom. The smallest absolute Gasteiger partial charge is 0.407 e. The van der Waals surface area contributed by atoms with E-state index in [-0.39, 0.29) is 18.9 Å². The van der Waals surface area contributed by atoms with E-state index >= 15 is 0 Å². The molecule has 0 spiro atoms. The molecule has 3 aromatic carbocycles. The molecule has 0 heterocycles. The molecule has 0 aliphatic heterocycles. The van der Waals surface area contributed by atoms with Gasteiger partial charge in [-0.15, -0.1) is 0 Å². The number of hydrogen-bond acceptors (Lipinski definition) is 4. The molecule has 0 fully saturated rings. The van der Waals surface area contributed by atoms with Gasteiger partial charge in [0.05, 0.1) is 11.6 Å². The highest BCUT2D eigenvalue weighted by molar-refractivity contribution is 5.81. The van der Waals surface area contributed by atoms with Gasteiger partial charge in [0, 0.05) is 12.3 Å². The zero-order valence-corrected chi connectivity index (χ0v) is 16.6. The lowest BCUT2D eigenvalue weighted by atomic mass is 9.98. The van der Waals surface area contributed by atoms with Gasteiger partial charge in [0.25, 0.3) is 0 Å². The van der Waals surface area contributed by atoms with Gasteiger partial charge in [-0.1, -0.05) is 60.7 Å². The number of nitrogens with zero attached hydrogens (tertiary/aromatic N) is 1. The third kappa shape index (κ3) is 4.26. The van der Waals surface area contributed by atoms with Crippen LogP contribution in [0, 0.1) is 11.3 Å². The summed E-state index contributed by atoms with van der Waals surface area (Å²) < 4.78 is 5.44. The molecule has 4 rings (SSSR count). The number of carboxylic acid groups (broad SMARTS) is 1. The van der Waals surface area contributed by atoms with Gasteiger partial charge in [0.2, 0.25) is 0 Å². The highest BCUT2D eigenvalue weighted by Crippen LogP contribution is 2.44. The number of fused-ring (bicyclic) bond motifs is 3. The highest BCUT2D eigenvalue weighted by Gasteiger charge is 2.29. The van der Waals surface area contributed by atoms with E-state index in [0.29, 0.717) is 11.1 Å². The number of carbonyl (C=O) groups excluding carboxylic acids is 1. The number of nitrogens with one attached hydrogen (secondary N) is 1. The van der Waals surface area contributed by atoms with Gasteiger partial charge < -0.3 is 15.2 Å². The molecule has 1 aliphatic carbocycles. The average Bonchev–Trinajstić information content (AvgIpc) is 3.11. The number of ether oxygens (including phenoxy) is 1. The third-order valence-electron chi connectivity index (χ3n) is 5.43. The van der Waals surface area contributed by atoms with Crippen molar-refractivity contribution in [1.82, 2.24) is 5.32 Å². The second-order valence-corrected chi connectivity index (χ2v) is 7.38. The average molecular weight is 412 g/mol. The normalized spacial score (nSPS) is 12.9. The fourth-order valence-electron chi connectivity index (χ4n) is 3.99. The van der Waals surface area contributed by atoms with Crippen molar-refractivity contribution in [3.05, 3.63) is 95.1 Å². The van der Waals surface area contributed by atoms with E-state index in [0.717, 1.165) is 22.3 Å². The fraction of sp³-hybridized carbons (Fsp3) is 0.160. The van der Waals surface area contributed by atoms with E-state index in [1.54, 1.807) is 24.3 Å². The molecule has 0 unspecified atom stereocenters. The molecule has 0 saturated carbocycles. The van der Waals surface area contributed by atoms with Crippen molar-refractivity contribution in [2.45, 2.75) is 18.4 Å². The van der Waals surface area contributed by atoms with Crippen molar-refractivity contribution in [3.8, 4) is 17.2 Å². The number of carboxylic acids is 1. The molecule has 3 aromatic rings. The summed E-state index contributed by atoms with van der Waals surface area (Å²) in [5.41, 5.74) is 5.48. The quantitative estimate of drug-likeness (QED) is 0.635. The molecule has 31 heavy (non-hydrogen) atoms. The first-order valence-electron chi connectivity index (χ1n) is 9.90. The van der Waals surface area contributed by atoms with E-state index in [9.17, 15) is 14.7 Å². The molecule has 6 heteroatoms. The summed E-state index contributed by atoms with van der Waals surface area (Å²) in [6.45, 7) is 0.107. The predicted molar refractivity (Wildman–Crippen MR) is 114 cm³/mol. The van der Waals surface area contributed by atoms with Crippen molar-refractivity contribution < 1.29 is 19.4 Å². The van der Waals surface area contributed by atoms with Crippen LogP contribution in [0.4, 0.5) is 4.79 Å². The van der Waals surface area contributed by atoms with Gasteiger partial charge in [-0.05, 0) is 39.9 Å². The molecule has 2 N–H and O–H groups in total. The van der Waals surface area contributed by atoms with Gasteiger partial charge >= 0.3 is 12.1 Å². The van der Waals surface area contributed by atoms with Gasteiger partial charge in [0.1, 0.15) is 12.6 Å². The van der Waals surface area contributed by atoms with Crippen LogP contribution in [0.15, 0.2) is 72.8 Å². The Morgan fingerprint density at radius 1 is 1.00 bits per heavy atom. The zero-order valence-electron chi connectivity index (χ0n) is 16.6. The number of benzene rings is 3. The van der Waals surface area contributed by atoms with E-state index < -0.39 is 18.1 Å². The Hall–Kier alpha value is -4.11. The van der Waals surface area contributed by atoms with Crippen molar-refractivity contribution in [2.75, 3.05) is 6.61 Å². The minimum absolute atomic E-state index is 0.0506. The summed E-state index contributed by atoms with van der Waals surface area (Å²) in [6, 6.07) is 23.5. The largest absolute Gasteiger partial charge is 0.480 e. The standard InChI is InChI=1S/C25H20N2O4/c26-14-17-7-5-6-16(12-17)13-23(24(28)29)27-25(30)31-15-22-20-10-3-1-8-18(20)19-9-2-4-11-21(19)22/h1-12,22-23H,13,15H2,(H,27,30)(H,28,29)/t23-/m1/s1. The van der Waals surface area contributed by atoms with Crippen LogP contribution >= 0.6 is 0 Å². The fourth-order valence-corrected chi connectivity index (χ4v) is 3.99. The topological polar surface area (TPSA) is 99.4 Å². The Kier molecular flexibility index (Phi) is 5.67. The Balaban J connectivity index is 1.43. The molecule has 1 aliphatic rings. The Bertz CT molecular complexity index is 1140. The van der Waals surface area contributed by atoms with Gasteiger partial charge in [0.15, 0.2) is 0 Å². The number of carbonyl (C=O) groups is 2. The SMILES string of the molecule is N#Cc1cccc(C[C@@H](NC(=O)OCC2c3ccccc3-c3ccccc32)C(=O)O)c1. The predicted octanol–water partition coefficient (Wildman–Crippen LogP) is 4.09. The minimum atomic E-state index is -1.17. The van der Waals surface area contributed by atoms with E-state index in [2.05, 4.69) is 5.32 Å². The summed E-state index contributed by atoms with van der Waals surface area (Å²) in [5.74, 6) is -1.27. The molecule has 0 radical (unpaired) electrons. The van der Waals surface area contributed by atoms with Crippen LogP contribution in [0.2, 0.25) is 0 Å². The Morgan fingerprint density at radius 3 is 2.26 bits per heavy atom. The summed E-state index contributed by atoms with van der Waals surface area (Å²) in [4.78, 5) is 24.0. The maximum absolute atomic E-state index is 12.4. The molecule has 0 bridgehead atoms. The third-order valence-corrected chi connectivity index (χ3v) is 5.43. The first-order chi connectivity index (χ1) is 15.1. The van der Waals surface area contributed by atoms with Crippen LogP contribution in [0.5, 0.6) is 0 Å². The van der Waals surface area contributed by atoms with Crippen LogP contribution < -0.4 is 5.32 Å². The molecular formula is C25H20N2O4. The van der Waals surface area contributed by atoms with E-state index in [4.69, 9.17) is 10.00 Å². The number of rotatable bonds is 6. The van der Waals surface area contributed by atoms with Gasteiger partial charge in [-0.25, -0.2) is 9.59 Å². The molecular weight excluding hydrogens is 392 g/mol. The second-order valence-electron chi connectivity index (χ2n) is 7.38. The molecule has 0 saturated heterocycles. The summed E-state index contributed by atoms with van der Waals surface area (Å²) in [5, 5.41) is 21.0. The summed E-state index contributed by atoms with van der Waals surface area (Å²) in [7, 11) is 0. The van der Waals surface area contributed by atoms with Gasteiger partial charge in [-0.3, -0.25) is 0 Å². The molecule has 6 nitrogen and oxygen atoms in total. The van der Waals surface area contributed by atoms with Crippen molar-refractivity contribution in [2.24, 2.45) is 0 Å². The van der Waals surface area contributed by atoms with Crippen LogP contribution in [0.1, 0.15) is 28.2 Å². The van der Waals surface area contributed by atoms with Crippen molar-refractivity contribution in [1.29, 1.82) is 5.26 Å². The highest BCUT2D eigenvalue weighted by atomic mass is 16.5. The van der Waals surface area contributed by atoms with Crippen LogP contribution in [-0.2, 0) is 16.0 Å². The molecule has 1 atom stereocenters. The number of amides is 1. The Labute approximate surface area is 179 Å². The lowest BCUT2D eigenvalue weighted by Crippen LogP contribution is -2.42. The summed E-state index contributed by atoms with van der Waals surface area (Å²) in [6.07, 6.45) is -0.736. The first-order valence-corrected chi connectivity index (χ1v) is 9.90. The first kappa shape index (κ1) is 20.2. The number of nitriles is 1. The number of aliphatic carboxylic acids is 1. The molecule has 0 aromatic heterocycles.